The standard InChI is InChI=1S/C13H18BrNO/c1-9-2-3-11(8-12(9)14)13(15)10-4-6-16-7-5-10/h2-3,8,10,13H,4-7,15H2,1H3. The van der Waals surface area contributed by atoms with Gasteiger partial charge < -0.3 is 10.5 Å². The summed E-state index contributed by atoms with van der Waals surface area (Å²) in [5.74, 6) is 0.559. The zero-order valence-electron chi connectivity index (χ0n) is 9.58. The minimum absolute atomic E-state index is 0.140. The maximum Gasteiger partial charge on any atom is 0.0469 e. The largest absolute Gasteiger partial charge is 0.381 e. The van der Waals surface area contributed by atoms with E-state index in [0.29, 0.717) is 5.92 Å². The third-order valence-corrected chi connectivity index (χ3v) is 4.21. The molecule has 1 atom stereocenters. The molecule has 88 valence electrons. The summed E-state index contributed by atoms with van der Waals surface area (Å²) in [6, 6.07) is 6.55. The molecule has 0 amide bonds. The average Bonchev–Trinajstić information content (AvgIpc) is 2.33. The molecule has 0 aromatic heterocycles. The molecule has 0 aliphatic carbocycles. The normalized spacial score (nSPS) is 19.7. The lowest BCUT2D eigenvalue weighted by atomic mass is 9.87. The van der Waals surface area contributed by atoms with Crippen molar-refractivity contribution in [3.05, 3.63) is 33.8 Å². The van der Waals surface area contributed by atoms with Crippen LogP contribution in [0.1, 0.15) is 30.0 Å². The molecule has 1 aromatic carbocycles. The maximum absolute atomic E-state index is 6.31. The van der Waals surface area contributed by atoms with E-state index in [-0.39, 0.29) is 6.04 Å². The van der Waals surface area contributed by atoms with E-state index in [1.54, 1.807) is 0 Å². The van der Waals surface area contributed by atoms with Gasteiger partial charge in [0.2, 0.25) is 0 Å². The van der Waals surface area contributed by atoms with Crippen LogP contribution in [0.4, 0.5) is 0 Å². The highest BCUT2D eigenvalue weighted by atomic mass is 79.9. The van der Waals surface area contributed by atoms with Crippen molar-refractivity contribution in [2.45, 2.75) is 25.8 Å². The molecule has 1 aliphatic heterocycles. The molecule has 2 N–H and O–H groups in total. The Balaban J connectivity index is 2.12. The lowest BCUT2D eigenvalue weighted by Gasteiger charge is -2.28. The molecule has 1 aromatic rings. The summed E-state index contributed by atoms with van der Waals surface area (Å²) in [4.78, 5) is 0. The van der Waals surface area contributed by atoms with Gasteiger partial charge >= 0.3 is 0 Å². The van der Waals surface area contributed by atoms with Crippen molar-refractivity contribution >= 4 is 15.9 Å². The fourth-order valence-corrected chi connectivity index (χ4v) is 2.56. The minimum Gasteiger partial charge on any atom is -0.381 e. The number of hydrogen-bond donors (Lipinski definition) is 1. The van der Waals surface area contributed by atoms with E-state index in [0.717, 1.165) is 30.5 Å². The van der Waals surface area contributed by atoms with Crippen molar-refractivity contribution in [2.75, 3.05) is 13.2 Å². The second kappa shape index (κ2) is 5.30. The third kappa shape index (κ3) is 2.65. The SMILES string of the molecule is Cc1ccc(C(N)C2CCOCC2)cc1Br. The van der Waals surface area contributed by atoms with Crippen molar-refractivity contribution in [1.29, 1.82) is 0 Å². The first kappa shape index (κ1) is 12.1. The summed E-state index contributed by atoms with van der Waals surface area (Å²) >= 11 is 3.56. The van der Waals surface area contributed by atoms with E-state index < -0.39 is 0 Å². The number of rotatable bonds is 2. The Bertz CT molecular complexity index is 361. The summed E-state index contributed by atoms with van der Waals surface area (Å²) in [6.45, 7) is 3.80. The Morgan fingerprint density at radius 3 is 2.69 bits per heavy atom. The van der Waals surface area contributed by atoms with Gasteiger partial charge in [0.25, 0.3) is 0 Å². The van der Waals surface area contributed by atoms with Gasteiger partial charge in [0.15, 0.2) is 0 Å². The zero-order valence-corrected chi connectivity index (χ0v) is 11.2. The van der Waals surface area contributed by atoms with Crippen LogP contribution < -0.4 is 5.73 Å². The lowest BCUT2D eigenvalue weighted by molar-refractivity contribution is 0.0584. The molecule has 1 fully saturated rings. The van der Waals surface area contributed by atoms with Crippen molar-refractivity contribution in [3.8, 4) is 0 Å². The van der Waals surface area contributed by atoms with Crippen LogP contribution in [0, 0.1) is 12.8 Å². The molecule has 0 spiro atoms. The van der Waals surface area contributed by atoms with Crippen LogP contribution in [-0.2, 0) is 4.74 Å². The molecule has 2 rings (SSSR count). The molecule has 3 heteroatoms. The molecular weight excluding hydrogens is 266 g/mol. The van der Waals surface area contributed by atoms with Gasteiger partial charge in [-0.3, -0.25) is 0 Å². The molecule has 16 heavy (non-hydrogen) atoms. The highest BCUT2D eigenvalue weighted by Crippen LogP contribution is 2.30. The summed E-state index contributed by atoms with van der Waals surface area (Å²) in [7, 11) is 0. The molecular formula is C13H18BrNO. The topological polar surface area (TPSA) is 35.2 Å². The highest BCUT2D eigenvalue weighted by Gasteiger charge is 2.22. The Morgan fingerprint density at radius 2 is 2.06 bits per heavy atom. The Labute approximate surface area is 105 Å². The monoisotopic (exact) mass is 283 g/mol. The lowest BCUT2D eigenvalue weighted by Crippen LogP contribution is -2.27. The van der Waals surface area contributed by atoms with Gasteiger partial charge in [-0.1, -0.05) is 28.1 Å². The van der Waals surface area contributed by atoms with E-state index in [9.17, 15) is 0 Å². The van der Waals surface area contributed by atoms with Gasteiger partial charge in [-0.2, -0.15) is 0 Å². The number of ether oxygens (including phenoxy) is 1. The van der Waals surface area contributed by atoms with Crippen molar-refractivity contribution in [2.24, 2.45) is 11.7 Å². The molecule has 2 nitrogen and oxygen atoms in total. The summed E-state index contributed by atoms with van der Waals surface area (Å²) < 4.78 is 6.51. The summed E-state index contributed by atoms with van der Waals surface area (Å²) in [5.41, 5.74) is 8.79. The van der Waals surface area contributed by atoms with Gasteiger partial charge in [-0.25, -0.2) is 0 Å². The first-order valence-electron chi connectivity index (χ1n) is 5.78. The highest BCUT2D eigenvalue weighted by molar-refractivity contribution is 9.10. The van der Waals surface area contributed by atoms with E-state index in [1.807, 2.05) is 0 Å². The number of halogens is 1. The van der Waals surface area contributed by atoms with E-state index in [1.165, 1.54) is 11.1 Å². The summed E-state index contributed by atoms with van der Waals surface area (Å²) in [5, 5.41) is 0. The number of nitrogens with two attached hydrogens (primary N) is 1. The van der Waals surface area contributed by atoms with Gasteiger partial charge in [0.1, 0.15) is 0 Å². The maximum atomic E-state index is 6.31. The Kier molecular flexibility index (Phi) is 4.00. The number of benzene rings is 1. The van der Waals surface area contributed by atoms with Crippen molar-refractivity contribution in [3.63, 3.8) is 0 Å². The first-order valence-corrected chi connectivity index (χ1v) is 6.57. The average molecular weight is 284 g/mol. The van der Waals surface area contributed by atoms with E-state index in [2.05, 4.69) is 41.1 Å². The molecule has 1 heterocycles. The van der Waals surface area contributed by atoms with Crippen LogP contribution in [0.5, 0.6) is 0 Å². The van der Waals surface area contributed by atoms with Gasteiger partial charge in [-0.15, -0.1) is 0 Å². The van der Waals surface area contributed by atoms with Crippen LogP contribution in [0.25, 0.3) is 0 Å². The van der Waals surface area contributed by atoms with Crippen molar-refractivity contribution in [1.82, 2.24) is 0 Å². The molecule has 0 saturated carbocycles. The van der Waals surface area contributed by atoms with Crippen molar-refractivity contribution < 1.29 is 4.74 Å². The van der Waals surface area contributed by atoms with Gasteiger partial charge in [0.05, 0.1) is 0 Å². The fourth-order valence-electron chi connectivity index (χ4n) is 2.16. The van der Waals surface area contributed by atoms with Crippen LogP contribution in [0.15, 0.2) is 22.7 Å². The van der Waals surface area contributed by atoms with Gasteiger partial charge in [-0.05, 0) is 42.9 Å². The van der Waals surface area contributed by atoms with Crippen LogP contribution in [0.3, 0.4) is 0 Å². The molecule has 0 radical (unpaired) electrons. The molecule has 1 unspecified atom stereocenters. The second-order valence-corrected chi connectivity index (χ2v) is 5.34. The van der Waals surface area contributed by atoms with Crippen LogP contribution in [0.2, 0.25) is 0 Å². The molecule has 0 bridgehead atoms. The molecule has 1 saturated heterocycles. The quantitative estimate of drug-likeness (QED) is 0.905. The summed E-state index contributed by atoms with van der Waals surface area (Å²) in [6.07, 6.45) is 2.15. The Morgan fingerprint density at radius 1 is 1.38 bits per heavy atom. The number of hydrogen-bond acceptors (Lipinski definition) is 2. The molecule has 1 aliphatic rings. The first-order chi connectivity index (χ1) is 7.68. The fraction of sp³-hybridized carbons (Fsp3) is 0.538. The van der Waals surface area contributed by atoms with E-state index >= 15 is 0 Å². The third-order valence-electron chi connectivity index (χ3n) is 3.35. The van der Waals surface area contributed by atoms with E-state index in [4.69, 9.17) is 10.5 Å². The predicted octanol–water partition coefficient (Wildman–Crippen LogP) is 3.18. The van der Waals surface area contributed by atoms with Crippen LogP contribution >= 0.6 is 15.9 Å². The minimum atomic E-state index is 0.140. The smallest absolute Gasteiger partial charge is 0.0469 e. The Hall–Kier alpha value is -0.380. The van der Waals surface area contributed by atoms with Crippen LogP contribution in [-0.4, -0.2) is 13.2 Å². The second-order valence-electron chi connectivity index (χ2n) is 4.48. The van der Waals surface area contributed by atoms with Gasteiger partial charge in [0, 0.05) is 23.7 Å². The zero-order chi connectivity index (χ0) is 11.5. The predicted molar refractivity (Wildman–Crippen MR) is 69.4 cm³/mol. The number of aryl methyl sites for hydroxylation is 1.